The molecule has 1 aromatic carbocycles. The molecule has 0 amide bonds. The Morgan fingerprint density at radius 1 is 1.38 bits per heavy atom. The molecule has 21 heavy (non-hydrogen) atoms. The van der Waals surface area contributed by atoms with Gasteiger partial charge in [0, 0.05) is 31.2 Å². The van der Waals surface area contributed by atoms with E-state index in [2.05, 4.69) is 4.90 Å². The number of hydrogen-bond acceptors (Lipinski definition) is 4. The number of aliphatic carboxylic acids is 1. The first kappa shape index (κ1) is 15.6. The van der Waals surface area contributed by atoms with Crippen molar-refractivity contribution in [1.82, 2.24) is 0 Å². The summed E-state index contributed by atoms with van der Waals surface area (Å²) >= 11 is 0. The van der Waals surface area contributed by atoms with Crippen molar-refractivity contribution in [3.8, 4) is 5.75 Å². The number of carboxylic acids is 1. The number of nitrogens with zero attached hydrogens (tertiary/aromatic N) is 1. The third-order valence-corrected chi connectivity index (χ3v) is 4.00. The molecule has 1 saturated heterocycles. The van der Waals surface area contributed by atoms with Gasteiger partial charge in [0.1, 0.15) is 5.75 Å². The topological polar surface area (TPSA) is 75.8 Å². The highest BCUT2D eigenvalue weighted by atomic mass is 16.5. The first-order valence-electron chi connectivity index (χ1n) is 7.52. The van der Waals surface area contributed by atoms with Gasteiger partial charge in [-0.3, -0.25) is 4.79 Å². The quantitative estimate of drug-likeness (QED) is 0.842. The van der Waals surface area contributed by atoms with Crippen molar-refractivity contribution < 1.29 is 14.6 Å². The number of methoxy groups -OCH3 is 1. The second kappa shape index (κ2) is 7.31. The summed E-state index contributed by atoms with van der Waals surface area (Å²) < 4.78 is 5.28. The average Bonchev–Trinajstić information content (AvgIpc) is 2.52. The largest absolute Gasteiger partial charge is 0.497 e. The molecular weight excluding hydrogens is 268 g/mol. The van der Waals surface area contributed by atoms with Gasteiger partial charge in [-0.2, -0.15) is 0 Å². The molecular formula is C16H24N2O3. The Hall–Kier alpha value is -1.75. The Morgan fingerprint density at radius 3 is 2.71 bits per heavy atom. The summed E-state index contributed by atoms with van der Waals surface area (Å²) in [5.74, 6) is -0.0515. The maximum Gasteiger partial charge on any atom is 0.303 e. The fourth-order valence-corrected chi connectivity index (χ4v) is 2.81. The van der Waals surface area contributed by atoms with E-state index in [-0.39, 0.29) is 12.5 Å². The van der Waals surface area contributed by atoms with E-state index in [1.54, 1.807) is 7.11 Å². The Morgan fingerprint density at radius 2 is 2.10 bits per heavy atom. The van der Waals surface area contributed by atoms with E-state index in [1.807, 2.05) is 18.2 Å². The van der Waals surface area contributed by atoms with Gasteiger partial charge >= 0.3 is 5.97 Å². The highest BCUT2D eigenvalue weighted by molar-refractivity contribution is 5.67. The van der Waals surface area contributed by atoms with Crippen LogP contribution in [0, 0.1) is 0 Å². The monoisotopic (exact) mass is 292 g/mol. The lowest BCUT2D eigenvalue weighted by atomic mass is 9.98. The summed E-state index contributed by atoms with van der Waals surface area (Å²) in [5, 5.41) is 8.84. The molecule has 1 aliphatic rings. The van der Waals surface area contributed by atoms with Crippen LogP contribution in [0.1, 0.15) is 43.7 Å². The van der Waals surface area contributed by atoms with Crippen molar-refractivity contribution in [3.05, 3.63) is 23.8 Å². The van der Waals surface area contributed by atoms with Crippen molar-refractivity contribution in [1.29, 1.82) is 0 Å². The van der Waals surface area contributed by atoms with Crippen LogP contribution in [0.5, 0.6) is 5.75 Å². The van der Waals surface area contributed by atoms with Crippen LogP contribution < -0.4 is 15.4 Å². The molecule has 0 spiro atoms. The van der Waals surface area contributed by atoms with Crippen molar-refractivity contribution in [2.75, 3.05) is 25.1 Å². The molecule has 1 heterocycles. The number of benzene rings is 1. The van der Waals surface area contributed by atoms with Crippen molar-refractivity contribution in [2.45, 2.75) is 38.1 Å². The summed E-state index contributed by atoms with van der Waals surface area (Å²) in [6.45, 7) is 2.07. The van der Waals surface area contributed by atoms with Gasteiger partial charge in [0.05, 0.1) is 7.11 Å². The highest BCUT2D eigenvalue weighted by Crippen LogP contribution is 2.32. The SMILES string of the molecule is COc1ccc(N2CCCCC2)c(C(N)CCC(=O)O)c1. The second-order valence-corrected chi connectivity index (χ2v) is 5.51. The number of ether oxygens (including phenoxy) is 1. The number of piperidine rings is 1. The molecule has 5 heteroatoms. The Labute approximate surface area is 125 Å². The van der Waals surface area contributed by atoms with Crippen LogP contribution in [0.25, 0.3) is 0 Å². The lowest BCUT2D eigenvalue weighted by Gasteiger charge is -2.32. The predicted octanol–water partition coefficient (Wildman–Crippen LogP) is 2.55. The summed E-state index contributed by atoms with van der Waals surface area (Å²) in [6.07, 6.45) is 4.17. The fourth-order valence-electron chi connectivity index (χ4n) is 2.81. The number of carbonyl (C=O) groups is 1. The van der Waals surface area contributed by atoms with Crippen LogP contribution in [0.2, 0.25) is 0 Å². The van der Waals surface area contributed by atoms with Crippen LogP contribution in [0.15, 0.2) is 18.2 Å². The highest BCUT2D eigenvalue weighted by Gasteiger charge is 2.19. The van der Waals surface area contributed by atoms with E-state index in [0.717, 1.165) is 30.1 Å². The van der Waals surface area contributed by atoms with Crippen molar-refractivity contribution >= 4 is 11.7 Å². The molecule has 0 radical (unpaired) electrons. The fraction of sp³-hybridized carbons (Fsp3) is 0.562. The van der Waals surface area contributed by atoms with Crippen LogP contribution in [0.4, 0.5) is 5.69 Å². The number of hydrogen-bond donors (Lipinski definition) is 2. The van der Waals surface area contributed by atoms with E-state index in [9.17, 15) is 4.79 Å². The molecule has 1 unspecified atom stereocenters. The Bertz CT molecular complexity index is 484. The zero-order valence-electron chi connectivity index (χ0n) is 12.5. The predicted molar refractivity (Wildman–Crippen MR) is 82.9 cm³/mol. The molecule has 3 N–H and O–H groups in total. The number of anilines is 1. The minimum Gasteiger partial charge on any atom is -0.497 e. The van der Waals surface area contributed by atoms with E-state index < -0.39 is 5.97 Å². The van der Waals surface area contributed by atoms with Gasteiger partial charge in [-0.1, -0.05) is 0 Å². The second-order valence-electron chi connectivity index (χ2n) is 5.51. The number of rotatable bonds is 6. The van der Waals surface area contributed by atoms with Crippen LogP contribution >= 0.6 is 0 Å². The van der Waals surface area contributed by atoms with Crippen LogP contribution in [0.3, 0.4) is 0 Å². The average molecular weight is 292 g/mol. The molecule has 5 nitrogen and oxygen atoms in total. The third kappa shape index (κ3) is 4.11. The molecule has 1 aliphatic heterocycles. The molecule has 0 aromatic heterocycles. The van der Waals surface area contributed by atoms with Gasteiger partial charge < -0.3 is 20.5 Å². The van der Waals surface area contributed by atoms with Gasteiger partial charge in [0.25, 0.3) is 0 Å². The molecule has 0 saturated carbocycles. The maximum atomic E-state index is 10.8. The van der Waals surface area contributed by atoms with E-state index in [4.69, 9.17) is 15.6 Å². The van der Waals surface area contributed by atoms with Crippen LogP contribution in [-0.4, -0.2) is 31.3 Å². The zero-order valence-corrected chi connectivity index (χ0v) is 12.5. The number of carboxylic acid groups (broad SMARTS) is 1. The molecule has 1 atom stereocenters. The van der Waals surface area contributed by atoms with E-state index in [0.29, 0.717) is 6.42 Å². The summed E-state index contributed by atoms with van der Waals surface area (Å²) in [4.78, 5) is 13.1. The maximum absolute atomic E-state index is 10.8. The lowest BCUT2D eigenvalue weighted by molar-refractivity contribution is -0.137. The van der Waals surface area contributed by atoms with Crippen LogP contribution in [-0.2, 0) is 4.79 Å². The van der Waals surface area contributed by atoms with Gasteiger partial charge in [0.15, 0.2) is 0 Å². The van der Waals surface area contributed by atoms with Gasteiger partial charge in [-0.05, 0) is 49.4 Å². The van der Waals surface area contributed by atoms with Gasteiger partial charge in [-0.25, -0.2) is 0 Å². The first-order chi connectivity index (χ1) is 10.1. The summed E-state index contributed by atoms with van der Waals surface area (Å²) in [6, 6.07) is 5.64. The zero-order chi connectivity index (χ0) is 15.2. The van der Waals surface area contributed by atoms with Gasteiger partial charge in [0.2, 0.25) is 0 Å². The Kier molecular flexibility index (Phi) is 5.44. The molecule has 116 valence electrons. The standard InChI is InChI=1S/C16H24N2O3/c1-21-12-5-7-15(18-9-3-2-4-10-18)13(11-12)14(17)6-8-16(19)20/h5,7,11,14H,2-4,6,8-10,17H2,1H3,(H,19,20). The minimum absolute atomic E-state index is 0.0812. The van der Waals surface area contributed by atoms with Crippen molar-refractivity contribution in [3.63, 3.8) is 0 Å². The minimum atomic E-state index is -0.812. The smallest absolute Gasteiger partial charge is 0.303 e. The lowest BCUT2D eigenvalue weighted by Crippen LogP contribution is -2.31. The summed E-state index contributed by atoms with van der Waals surface area (Å²) in [7, 11) is 1.63. The first-order valence-corrected chi connectivity index (χ1v) is 7.52. The van der Waals surface area contributed by atoms with E-state index >= 15 is 0 Å². The molecule has 1 fully saturated rings. The third-order valence-electron chi connectivity index (χ3n) is 4.00. The normalized spacial score (nSPS) is 16.6. The Balaban J connectivity index is 2.23. The molecule has 2 rings (SSSR count). The summed E-state index contributed by atoms with van der Waals surface area (Å²) in [5.41, 5.74) is 8.33. The van der Waals surface area contributed by atoms with Crippen molar-refractivity contribution in [2.24, 2.45) is 5.73 Å². The van der Waals surface area contributed by atoms with Gasteiger partial charge in [-0.15, -0.1) is 0 Å². The molecule has 1 aromatic rings. The molecule has 0 aliphatic carbocycles. The molecule has 0 bridgehead atoms. The number of nitrogens with two attached hydrogens (primary N) is 1. The van der Waals surface area contributed by atoms with E-state index in [1.165, 1.54) is 19.3 Å².